The van der Waals surface area contributed by atoms with E-state index in [1.54, 1.807) is 6.20 Å². The summed E-state index contributed by atoms with van der Waals surface area (Å²) >= 11 is 0. The molecule has 0 saturated carbocycles. The molecule has 3 rings (SSSR count). The molecule has 2 N–H and O–H groups in total. The van der Waals surface area contributed by atoms with Gasteiger partial charge < -0.3 is 19.4 Å². The molecule has 0 aliphatic carbocycles. The molecule has 2 heterocycles. The zero-order valence-corrected chi connectivity index (χ0v) is 7.74. The van der Waals surface area contributed by atoms with Crippen molar-refractivity contribution in [3.63, 3.8) is 0 Å². The van der Waals surface area contributed by atoms with Gasteiger partial charge >= 0.3 is 5.69 Å². The van der Waals surface area contributed by atoms with Gasteiger partial charge in [0.25, 0.3) is 0 Å². The molecule has 0 bridgehead atoms. The number of rotatable bonds is 1. The van der Waals surface area contributed by atoms with Crippen LogP contribution in [-0.2, 0) is 0 Å². The summed E-state index contributed by atoms with van der Waals surface area (Å²) in [5.74, 6) is 1.44. The second-order valence-electron chi connectivity index (χ2n) is 3.22. The van der Waals surface area contributed by atoms with Gasteiger partial charge in [0.1, 0.15) is 0 Å². The van der Waals surface area contributed by atoms with Crippen LogP contribution in [0.2, 0.25) is 0 Å². The van der Waals surface area contributed by atoms with E-state index in [0.717, 1.165) is 17.0 Å². The maximum Gasteiger partial charge on any atom is 0.323 e. The molecule has 1 aliphatic heterocycles. The van der Waals surface area contributed by atoms with Crippen LogP contribution in [0, 0.1) is 0 Å². The molecule has 0 saturated heterocycles. The van der Waals surface area contributed by atoms with Gasteiger partial charge in [0.2, 0.25) is 6.79 Å². The average Bonchev–Trinajstić information content (AvgIpc) is 2.84. The molecule has 5 nitrogen and oxygen atoms in total. The van der Waals surface area contributed by atoms with Crippen molar-refractivity contribution in [2.45, 2.75) is 0 Å². The molecule has 0 radical (unpaired) electrons. The second kappa shape index (κ2) is 2.91. The minimum absolute atomic E-state index is 0.220. The highest BCUT2D eigenvalue weighted by Crippen LogP contribution is 2.34. The predicted octanol–water partition coefficient (Wildman–Crippen LogP) is 1.10. The molecule has 0 atom stereocenters. The summed E-state index contributed by atoms with van der Waals surface area (Å²) in [6.45, 7) is 0.252. The fraction of sp³-hybridized carbons (Fsp3) is 0.100. The molecule has 1 aromatic heterocycles. The summed E-state index contributed by atoms with van der Waals surface area (Å²) in [4.78, 5) is 16.2. The number of aromatic nitrogens is 2. The second-order valence-corrected chi connectivity index (χ2v) is 3.22. The molecule has 0 unspecified atom stereocenters. The molecular weight excluding hydrogens is 196 g/mol. The minimum Gasteiger partial charge on any atom is -0.454 e. The molecule has 1 aliphatic rings. The molecule has 0 fully saturated rings. The Morgan fingerprint density at radius 1 is 1.20 bits per heavy atom. The number of imidazole rings is 1. The first kappa shape index (κ1) is 8.16. The van der Waals surface area contributed by atoms with Gasteiger partial charge in [-0.3, -0.25) is 0 Å². The van der Waals surface area contributed by atoms with Crippen LogP contribution in [0.1, 0.15) is 0 Å². The highest BCUT2D eigenvalue weighted by molar-refractivity contribution is 5.63. The Balaban J connectivity index is 2.10. The van der Waals surface area contributed by atoms with Gasteiger partial charge in [-0.05, 0) is 18.2 Å². The Labute approximate surface area is 84.7 Å². The maximum atomic E-state index is 10.9. The zero-order valence-electron chi connectivity index (χ0n) is 7.74. The smallest absolute Gasteiger partial charge is 0.323 e. The first-order valence-electron chi connectivity index (χ1n) is 4.51. The monoisotopic (exact) mass is 204 g/mol. The van der Waals surface area contributed by atoms with Crippen LogP contribution in [-0.4, -0.2) is 16.8 Å². The van der Waals surface area contributed by atoms with Gasteiger partial charge in [-0.15, -0.1) is 0 Å². The van der Waals surface area contributed by atoms with Crippen LogP contribution in [0.25, 0.3) is 11.3 Å². The highest BCUT2D eigenvalue weighted by Gasteiger charge is 2.14. The van der Waals surface area contributed by atoms with Crippen molar-refractivity contribution in [2.24, 2.45) is 0 Å². The number of aromatic amines is 2. The zero-order chi connectivity index (χ0) is 10.3. The van der Waals surface area contributed by atoms with E-state index in [1.807, 2.05) is 18.2 Å². The van der Waals surface area contributed by atoms with Crippen molar-refractivity contribution < 1.29 is 9.47 Å². The van der Waals surface area contributed by atoms with Crippen molar-refractivity contribution in [1.29, 1.82) is 0 Å². The lowest BCUT2D eigenvalue weighted by atomic mass is 10.1. The Morgan fingerprint density at radius 3 is 2.87 bits per heavy atom. The van der Waals surface area contributed by atoms with E-state index in [4.69, 9.17) is 9.47 Å². The van der Waals surface area contributed by atoms with E-state index in [0.29, 0.717) is 5.75 Å². The number of H-pyrrole nitrogens is 2. The Hall–Kier alpha value is -2.17. The number of benzene rings is 1. The SMILES string of the molecule is O=c1[nH]cc(-c2ccc3c(c2)OCO3)[nH]1. The lowest BCUT2D eigenvalue weighted by Gasteiger charge is -1.99. The fourth-order valence-corrected chi connectivity index (χ4v) is 1.55. The number of hydrogen-bond donors (Lipinski definition) is 2. The van der Waals surface area contributed by atoms with E-state index in [2.05, 4.69) is 9.97 Å². The van der Waals surface area contributed by atoms with Crippen LogP contribution >= 0.6 is 0 Å². The van der Waals surface area contributed by atoms with E-state index in [1.165, 1.54) is 0 Å². The first-order valence-corrected chi connectivity index (χ1v) is 4.51. The maximum absolute atomic E-state index is 10.9. The van der Waals surface area contributed by atoms with E-state index >= 15 is 0 Å². The van der Waals surface area contributed by atoms with Crippen molar-refractivity contribution >= 4 is 0 Å². The van der Waals surface area contributed by atoms with Gasteiger partial charge in [0.05, 0.1) is 5.69 Å². The third kappa shape index (κ3) is 1.28. The third-order valence-corrected chi connectivity index (χ3v) is 2.28. The number of nitrogens with one attached hydrogen (secondary N) is 2. The number of fused-ring (bicyclic) bond motifs is 1. The van der Waals surface area contributed by atoms with Gasteiger partial charge in [-0.25, -0.2) is 4.79 Å². The minimum atomic E-state index is -0.220. The van der Waals surface area contributed by atoms with E-state index < -0.39 is 0 Å². The standard InChI is InChI=1S/C10H8N2O3/c13-10-11-4-7(12-10)6-1-2-8-9(3-6)15-5-14-8/h1-4H,5H2,(H2,11,12,13). The molecular formula is C10H8N2O3. The van der Waals surface area contributed by atoms with E-state index in [9.17, 15) is 4.79 Å². The third-order valence-electron chi connectivity index (χ3n) is 2.28. The van der Waals surface area contributed by atoms with Crippen LogP contribution in [0.3, 0.4) is 0 Å². The molecule has 15 heavy (non-hydrogen) atoms. The molecule has 5 heteroatoms. The Bertz CT molecular complexity index is 556. The lowest BCUT2D eigenvalue weighted by Crippen LogP contribution is -1.99. The van der Waals surface area contributed by atoms with Crippen molar-refractivity contribution in [2.75, 3.05) is 6.79 Å². The first-order chi connectivity index (χ1) is 7.33. The summed E-state index contributed by atoms with van der Waals surface area (Å²) in [6, 6.07) is 5.52. The fourth-order valence-electron chi connectivity index (χ4n) is 1.55. The van der Waals surface area contributed by atoms with Gasteiger partial charge in [-0.1, -0.05) is 0 Å². The van der Waals surface area contributed by atoms with Crippen LogP contribution in [0.15, 0.2) is 29.2 Å². The summed E-state index contributed by atoms with van der Waals surface area (Å²) in [5.41, 5.74) is 1.40. The van der Waals surface area contributed by atoms with Crippen molar-refractivity contribution in [3.05, 3.63) is 34.9 Å². The number of hydrogen-bond acceptors (Lipinski definition) is 3. The molecule has 76 valence electrons. The van der Waals surface area contributed by atoms with Gasteiger partial charge in [0.15, 0.2) is 11.5 Å². The molecule has 1 aromatic carbocycles. The lowest BCUT2D eigenvalue weighted by molar-refractivity contribution is 0.174. The molecule has 2 aromatic rings. The van der Waals surface area contributed by atoms with Gasteiger partial charge in [0, 0.05) is 11.8 Å². The van der Waals surface area contributed by atoms with E-state index in [-0.39, 0.29) is 12.5 Å². The average molecular weight is 204 g/mol. The molecule has 0 spiro atoms. The summed E-state index contributed by atoms with van der Waals surface area (Å²) < 4.78 is 10.4. The molecule has 0 amide bonds. The van der Waals surface area contributed by atoms with Crippen LogP contribution in [0.5, 0.6) is 11.5 Å². The Morgan fingerprint density at radius 2 is 2.07 bits per heavy atom. The summed E-state index contributed by atoms with van der Waals surface area (Å²) in [5, 5.41) is 0. The number of ether oxygens (including phenoxy) is 2. The summed E-state index contributed by atoms with van der Waals surface area (Å²) in [6.07, 6.45) is 1.62. The van der Waals surface area contributed by atoms with Crippen LogP contribution in [0.4, 0.5) is 0 Å². The largest absolute Gasteiger partial charge is 0.454 e. The highest BCUT2D eigenvalue weighted by atomic mass is 16.7. The topological polar surface area (TPSA) is 67.1 Å². The normalized spacial score (nSPS) is 13.1. The predicted molar refractivity (Wildman–Crippen MR) is 53.0 cm³/mol. The van der Waals surface area contributed by atoms with Crippen molar-refractivity contribution in [1.82, 2.24) is 9.97 Å². The van der Waals surface area contributed by atoms with Gasteiger partial charge in [-0.2, -0.15) is 0 Å². The Kier molecular flexibility index (Phi) is 1.58. The summed E-state index contributed by atoms with van der Waals surface area (Å²) in [7, 11) is 0. The quantitative estimate of drug-likeness (QED) is 0.730. The van der Waals surface area contributed by atoms with Crippen molar-refractivity contribution in [3.8, 4) is 22.8 Å². The van der Waals surface area contributed by atoms with Crippen LogP contribution < -0.4 is 15.2 Å².